The maximum atomic E-state index is 13.6. The van der Waals surface area contributed by atoms with Gasteiger partial charge in [-0.05, 0) is 74.9 Å². The van der Waals surface area contributed by atoms with Crippen LogP contribution in [0.25, 0.3) is 11.1 Å². The largest absolute Gasteiger partial charge is 0.395 e. The highest BCUT2D eigenvalue weighted by Crippen LogP contribution is 2.43. The van der Waals surface area contributed by atoms with E-state index in [-0.39, 0.29) is 29.5 Å². The van der Waals surface area contributed by atoms with Crippen molar-refractivity contribution in [3.63, 3.8) is 0 Å². The summed E-state index contributed by atoms with van der Waals surface area (Å²) in [6, 6.07) is 14.9. The molecule has 2 aliphatic heterocycles. The summed E-state index contributed by atoms with van der Waals surface area (Å²) in [6.07, 6.45) is 1.66. The van der Waals surface area contributed by atoms with Crippen molar-refractivity contribution in [3.05, 3.63) is 70.6 Å². The van der Waals surface area contributed by atoms with Crippen molar-refractivity contribution in [2.45, 2.75) is 63.4 Å². The number of rotatable bonds is 5. The normalized spacial score (nSPS) is 23.5. The van der Waals surface area contributed by atoms with Gasteiger partial charge in [0, 0.05) is 31.1 Å². The summed E-state index contributed by atoms with van der Waals surface area (Å²) in [5.41, 5.74) is 6.45. The molecule has 2 aromatic carbocycles. The minimum absolute atomic E-state index is 0.00394. The summed E-state index contributed by atoms with van der Waals surface area (Å²) in [5.74, 6) is 0.384. The van der Waals surface area contributed by atoms with E-state index in [9.17, 15) is 13.5 Å². The second-order valence-corrected chi connectivity index (χ2v) is 12.0. The lowest BCUT2D eigenvalue weighted by Gasteiger charge is -2.57. The van der Waals surface area contributed by atoms with Gasteiger partial charge in [0.25, 0.3) is 0 Å². The highest BCUT2D eigenvalue weighted by atomic mass is 32.2. The van der Waals surface area contributed by atoms with E-state index in [0.717, 1.165) is 30.5 Å². The smallest absolute Gasteiger partial charge is 0.248 e. The Morgan fingerprint density at radius 2 is 1.75 bits per heavy atom. The number of aliphatic hydroxyl groups excluding tert-OH is 1. The van der Waals surface area contributed by atoms with Crippen molar-refractivity contribution >= 4 is 10.0 Å². The van der Waals surface area contributed by atoms with E-state index in [1.54, 1.807) is 18.2 Å². The minimum atomic E-state index is -3.74. The summed E-state index contributed by atoms with van der Waals surface area (Å²) < 4.78 is 34.1. The second-order valence-electron chi connectivity index (χ2n) is 10.2. The molecule has 0 aliphatic carbocycles. The van der Waals surface area contributed by atoms with Crippen LogP contribution >= 0.6 is 0 Å². The number of hydrogen-bond donors (Lipinski definition) is 1. The van der Waals surface area contributed by atoms with Gasteiger partial charge in [-0.3, -0.25) is 4.90 Å². The maximum absolute atomic E-state index is 13.6. The molecule has 0 unspecified atom stereocenters. The molecule has 3 heterocycles. The van der Waals surface area contributed by atoms with Crippen molar-refractivity contribution in [1.82, 2.24) is 14.4 Å². The van der Waals surface area contributed by atoms with Crippen LogP contribution in [0.2, 0.25) is 0 Å². The van der Waals surface area contributed by atoms with Crippen LogP contribution in [0.5, 0.6) is 0 Å². The molecular weight excluding hydrogens is 474 g/mol. The Morgan fingerprint density at radius 3 is 2.42 bits per heavy atom. The fourth-order valence-electron chi connectivity index (χ4n) is 6.05. The molecule has 2 fully saturated rings. The lowest BCUT2D eigenvalue weighted by atomic mass is 9.74. The van der Waals surface area contributed by atoms with Gasteiger partial charge in [0.2, 0.25) is 10.0 Å². The van der Waals surface area contributed by atoms with Gasteiger partial charge in [-0.25, -0.2) is 8.42 Å². The maximum Gasteiger partial charge on any atom is 0.248 e. The van der Waals surface area contributed by atoms with Crippen molar-refractivity contribution in [1.29, 1.82) is 0 Å². The first kappa shape index (κ1) is 25.1. The van der Waals surface area contributed by atoms with Gasteiger partial charge in [0.1, 0.15) is 10.6 Å². The van der Waals surface area contributed by atoms with E-state index in [2.05, 4.69) is 66.4 Å². The zero-order valence-corrected chi connectivity index (χ0v) is 22.3. The molecule has 0 amide bonds. The predicted octanol–water partition coefficient (Wildman–Crippen LogP) is 4.19. The van der Waals surface area contributed by atoms with E-state index in [4.69, 9.17) is 4.52 Å². The first-order valence-electron chi connectivity index (χ1n) is 12.7. The topological polar surface area (TPSA) is 86.9 Å². The fraction of sp³-hybridized carbons (Fsp3) is 0.464. The van der Waals surface area contributed by atoms with Gasteiger partial charge in [0.05, 0.1) is 6.61 Å². The number of aromatic nitrogens is 1. The highest BCUT2D eigenvalue weighted by Gasteiger charge is 2.50. The number of benzene rings is 2. The Morgan fingerprint density at radius 1 is 1.03 bits per heavy atom. The summed E-state index contributed by atoms with van der Waals surface area (Å²) >= 11 is 0. The highest BCUT2D eigenvalue weighted by molar-refractivity contribution is 7.89. The van der Waals surface area contributed by atoms with Gasteiger partial charge in [-0.1, -0.05) is 47.6 Å². The van der Waals surface area contributed by atoms with Crippen molar-refractivity contribution in [3.8, 4) is 11.1 Å². The third-order valence-corrected chi connectivity index (χ3v) is 10.2. The molecule has 1 aromatic heterocycles. The molecule has 0 bridgehead atoms. The van der Waals surface area contributed by atoms with Gasteiger partial charge < -0.3 is 9.63 Å². The van der Waals surface area contributed by atoms with Crippen LogP contribution in [0.1, 0.15) is 46.9 Å². The van der Waals surface area contributed by atoms with Crippen LogP contribution in [-0.2, 0) is 10.0 Å². The minimum Gasteiger partial charge on any atom is -0.395 e. The quantitative estimate of drug-likeness (QED) is 0.555. The lowest BCUT2D eigenvalue weighted by Crippen LogP contribution is -2.67. The van der Waals surface area contributed by atoms with Crippen molar-refractivity contribution < 1.29 is 18.0 Å². The van der Waals surface area contributed by atoms with Crippen molar-refractivity contribution in [2.75, 3.05) is 26.2 Å². The molecule has 36 heavy (non-hydrogen) atoms. The standard InChI is InChI=1S/C28H35N3O4S/c1-18-8-7-9-24(19(18)2)22-10-12-23(13-11-22)27-25-16-30(14-5-6-15-31(25)26(27)17-32)36(33,34)28-20(3)29-35-21(28)4/h7-13,25-27,32H,5-6,14-17H2,1-4H3/t25-,26+,27-/m0/s1. The Kier molecular flexibility index (Phi) is 6.80. The van der Waals surface area contributed by atoms with E-state index in [1.807, 2.05) is 0 Å². The zero-order chi connectivity index (χ0) is 25.6. The summed E-state index contributed by atoms with van der Waals surface area (Å²) in [5, 5.41) is 14.1. The molecule has 0 saturated carbocycles. The van der Waals surface area contributed by atoms with Gasteiger partial charge >= 0.3 is 0 Å². The van der Waals surface area contributed by atoms with E-state index >= 15 is 0 Å². The van der Waals surface area contributed by atoms with Crippen LogP contribution in [0.4, 0.5) is 0 Å². The Labute approximate surface area is 213 Å². The second kappa shape index (κ2) is 9.74. The molecule has 0 radical (unpaired) electrons. The molecule has 1 N–H and O–H groups in total. The molecule has 7 nitrogen and oxygen atoms in total. The summed E-state index contributed by atoms with van der Waals surface area (Å²) in [6.45, 7) is 9.36. The molecule has 3 aromatic rings. The van der Waals surface area contributed by atoms with E-state index in [1.165, 1.54) is 16.7 Å². The number of fused-ring (bicyclic) bond motifs is 1. The van der Waals surface area contributed by atoms with Crippen LogP contribution in [0, 0.1) is 27.7 Å². The number of nitrogens with zero attached hydrogens (tertiary/aromatic N) is 3. The zero-order valence-electron chi connectivity index (χ0n) is 21.4. The predicted molar refractivity (Wildman–Crippen MR) is 139 cm³/mol. The van der Waals surface area contributed by atoms with E-state index in [0.29, 0.717) is 24.5 Å². The van der Waals surface area contributed by atoms with Gasteiger partial charge in [0.15, 0.2) is 5.76 Å². The molecule has 3 atom stereocenters. The number of sulfonamides is 1. The molecule has 0 spiro atoms. The van der Waals surface area contributed by atoms with Crippen molar-refractivity contribution in [2.24, 2.45) is 0 Å². The van der Waals surface area contributed by atoms with Crippen LogP contribution < -0.4 is 0 Å². The Balaban J connectivity index is 1.45. The number of aliphatic hydroxyl groups is 1. The van der Waals surface area contributed by atoms with Crippen LogP contribution in [-0.4, -0.2) is 66.2 Å². The average Bonchev–Trinajstić information content (AvgIpc) is 3.18. The fourth-order valence-corrected chi connectivity index (χ4v) is 7.84. The Hall–Kier alpha value is -2.52. The van der Waals surface area contributed by atoms with Crippen LogP contribution in [0.15, 0.2) is 51.9 Å². The molecule has 192 valence electrons. The molecule has 2 aliphatic rings. The molecular formula is C28H35N3O4S. The Bertz CT molecular complexity index is 1330. The SMILES string of the molecule is Cc1cccc(-c2ccc([C@@H]3[C@@H](CO)N4CCCCN(S(=O)(=O)c5c(C)noc5C)C[C@@H]34)cc2)c1C. The monoisotopic (exact) mass is 509 g/mol. The lowest BCUT2D eigenvalue weighted by molar-refractivity contribution is -0.0553. The number of hydrogen-bond acceptors (Lipinski definition) is 6. The van der Waals surface area contributed by atoms with Gasteiger partial charge in [-0.15, -0.1) is 0 Å². The average molecular weight is 510 g/mol. The molecule has 8 heteroatoms. The summed E-state index contributed by atoms with van der Waals surface area (Å²) in [7, 11) is -3.74. The third-order valence-electron chi connectivity index (χ3n) is 8.11. The third kappa shape index (κ3) is 4.20. The number of aryl methyl sites for hydroxylation is 3. The van der Waals surface area contributed by atoms with Crippen LogP contribution in [0.3, 0.4) is 0 Å². The first-order chi connectivity index (χ1) is 17.2. The summed E-state index contributed by atoms with van der Waals surface area (Å²) in [4.78, 5) is 2.47. The van der Waals surface area contributed by atoms with Gasteiger partial charge in [-0.2, -0.15) is 4.31 Å². The van der Waals surface area contributed by atoms with E-state index < -0.39 is 10.0 Å². The first-order valence-corrected chi connectivity index (χ1v) is 14.1. The molecule has 5 rings (SSSR count). The molecule has 2 saturated heterocycles.